The molecule has 0 atom stereocenters. The fourth-order valence-corrected chi connectivity index (χ4v) is 2.03. The Labute approximate surface area is 110 Å². The summed E-state index contributed by atoms with van der Waals surface area (Å²) in [7, 11) is -1.31. The highest BCUT2D eigenvalue weighted by Crippen LogP contribution is 2.15. The standard InChI is InChI=1S/C16H17NSi/c1-18(2,3)12-11-14-9-10-16(17-13-14)15-7-5-4-6-8-15/h4-10,13H,1-3H3. The van der Waals surface area contributed by atoms with E-state index in [0.717, 1.165) is 16.8 Å². The molecule has 1 nitrogen and oxygen atoms in total. The predicted molar refractivity (Wildman–Crippen MR) is 79.9 cm³/mol. The molecule has 0 aliphatic heterocycles. The van der Waals surface area contributed by atoms with Gasteiger partial charge in [-0.2, -0.15) is 0 Å². The van der Waals surface area contributed by atoms with E-state index in [0.29, 0.717) is 0 Å². The van der Waals surface area contributed by atoms with Gasteiger partial charge in [-0.3, -0.25) is 4.98 Å². The Morgan fingerprint density at radius 2 is 1.67 bits per heavy atom. The first-order chi connectivity index (χ1) is 8.54. The van der Waals surface area contributed by atoms with Crippen LogP contribution in [-0.2, 0) is 0 Å². The van der Waals surface area contributed by atoms with Crippen LogP contribution in [0.2, 0.25) is 19.6 Å². The van der Waals surface area contributed by atoms with Crippen molar-refractivity contribution in [3.05, 3.63) is 54.2 Å². The summed E-state index contributed by atoms with van der Waals surface area (Å²) < 4.78 is 0. The summed E-state index contributed by atoms with van der Waals surface area (Å²) in [6.45, 7) is 6.73. The van der Waals surface area contributed by atoms with Crippen molar-refractivity contribution in [2.45, 2.75) is 19.6 Å². The second kappa shape index (κ2) is 5.20. The van der Waals surface area contributed by atoms with E-state index in [1.54, 1.807) is 0 Å². The van der Waals surface area contributed by atoms with Crippen molar-refractivity contribution < 1.29 is 0 Å². The Hall–Kier alpha value is -1.85. The lowest BCUT2D eigenvalue weighted by molar-refractivity contribution is 1.31. The SMILES string of the molecule is C[Si](C)(C)C#Cc1ccc(-c2ccccc2)nc1. The van der Waals surface area contributed by atoms with Gasteiger partial charge >= 0.3 is 0 Å². The first kappa shape index (κ1) is 12.6. The molecular formula is C16H17NSi. The van der Waals surface area contributed by atoms with Crippen LogP contribution in [0.5, 0.6) is 0 Å². The average molecular weight is 251 g/mol. The Bertz CT molecular complexity index is 568. The number of hydrogen-bond donors (Lipinski definition) is 0. The van der Waals surface area contributed by atoms with Gasteiger partial charge in [-0.25, -0.2) is 0 Å². The number of aromatic nitrogens is 1. The Morgan fingerprint density at radius 3 is 2.22 bits per heavy atom. The number of pyridine rings is 1. The second-order valence-electron chi connectivity index (χ2n) is 5.30. The van der Waals surface area contributed by atoms with Crippen molar-refractivity contribution in [2.75, 3.05) is 0 Å². The molecule has 1 aromatic heterocycles. The van der Waals surface area contributed by atoms with Gasteiger partial charge < -0.3 is 0 Å². The first-order valence-corrected chi connectivity index (χ1v) is 9.59. The highest BCUT2D eigenvalue weighted by atomic mass is 28.3. The summed E-state index contributed by atoms with van der Waals surface area (Å²) in [4.78, 5) is 4.46. The lowest BCUT2D eigenvalue weighted by Crippen LogP contribution is -2.16. The van der Waals surface area contributed by atoms with Crippen molar-refractivity contribution in [3.8, 4) is 22.7 Å². The minimum Gasteiger partial charge on any atom is -0.255 e. The molecule has 0 aliphatic rings. The van der Waals surface area contributed by atoms with Crippen LogP contribution < -0.4 is 0 Å². The van der Waals surface area contributed by atoms with Gasteiger partial charge in [-0.15, -0.1) is 5.54 Å². The van der Waals surface area contributed by atoms with Crippen molar-refractivity contribution in [3.63, 3.8) is 0 Å². The van der Waals surface area contributed by atoms with Crippen LogP contribution in [0.15, 0.2) is 48.7 Å². The molecule has 1 heterocycles. The van der Waals surface area contributed by atoms with Crippen molar-refractivity contribution >= 4 is 8.07 Å². The summed E-state index contributed by atoms with van der Waals surface area (Å²) >= 11 is 0. The molecule has 2 heteroatoms. The molecule has 18 heavy (non-hydrogen) atoms. The van der Waals surface area contributed by atoms with E-state index in [1.807, 2.05) is 36.5 Å². The molecule has 0 radical (unpaired) electrons. The van der Waals surface area contributed by atoms with E-state index in [-0.39, 0.29) is 0 Å². The zero-order valence-electron chi connectivity index (χ0n) is 11.1. The van der Waals surface area contributed by atoms with Crippen LogP contribution in [0, 0.1) is 11.5 Å². The maximum Gasteiger partial charge on any atom is 0.129 e. The van der Waals surface area contributed by atoms with Crippen LogP contribution in [0.25, 0.3) is 11.3 Å². The maximum absolute atomic E-state index is 4.46. The van der Waals surface area contributed by atoms with Gasteiger partial charge in [0.15, 0.2) is 0 Å². The highest BCUT2D eigenvalue weighted by molar-refractivity contribution is 6.83. The normalized spacial score (nSPS) is 10.6. The van der Waals surface area contributed by atoms with E-state index >= 15 is 0 Å². The fourth-order valence-electron chi connectivity index (χ4n) is 1.51. The molecular weight excluding hydrogens is 234 g/mol. The Balaban J connectivity index is 2.23. The van der Waals surface area contributed by atoms with Crippen molar-refractivity contribution in [1.82, 2.24) is 4.98 Å². The molecule has 90 valence electrons. The van der Waals surface area contributed by atoms with Gasteiger partial charge in [0.2, 0.25) is 0 Å². The third-order valence-electron chi connectivity index (χ3n) is 2.41. The monoisotopic (exact) mass is 251 g/mol. The molecule has 2 aromatic rings. The molecule has 0 saturated carbocycles. The maximum atomic E-state index is 4.46. The summed E-state index contributed by atoms with van der Waals surface area (Å²) in [5.74, 6) is 3.21. The number of nitrogens with zero attached hydrogens (tertiary/aromatic N) is 1. The zero-order chi connectivity index (χ0) is 13.0. The first-order valence-electron chi connectivity index (χ1n) is 6.09. The van der Waals surface area contributed by atoms with Gasteiger partial charge in [-0.05, 0) is 12.1 Å². The molecule has 0 saturated heterocycles. The van der Waals surface area contributed by atoms with Crippen molar-refractivity contribution in [1.29, 1.82) is 0 Å². The largest absolute Gasteiger partial charge is 0.255 e. The van der Waals surface area contributed by atoms with Gasteiger partial charge in [0.05, 0.1) is 5.69 Å². The van der Waals surface area contributed by atoms with E-state index < -0.39 is 8.07 Å². The summed E-state index contributed by atoms with van der Waals surface area (Å²) in [6.07, 6.45) is 1.86. The van der Waals surface area contributed by atoms with E-state index in [2.05, 4.69) is 48.2 Å². The van der Waals surface area contributed by atoms with E-state index in [9.17, 15) is 0 Å². The summed E-state index contributed by atoms with van der Waals surface area (Å²) in [6, 6.07) is 14.3. The second-order valence-corrected chi connectivity index (χ2v) is 10.0. The molecule has 1 aromatic carbocycles. The molecule has 0 aliphatic carbocycles. The van der Waals surface area contributed by atoms with Crippen LogP contribution >= 0.6 is 0 Å². The third kappa shape index (κ3) is 3.58. The van der Waals surface area contributed by atoms with Gasteiger partial charge in [-0.1, -0.05) is 55.9 Å². The molecule has 2 rings (SSSR count). The summed E-state index contributed by atoms with van der Waals surface area (Å²) in [5, 5.41) is 0. The average Bonchev–Trinajstić information content (AvgIpc) is 2.37. The lowest BCUT2D eigenvalue weighted by atomic mass is 10.1. The Morgan fingerprint density at radius 1 is 0.944 bits per heavy atom. The van der Waals surface area contributed by atoms with E-state index in [4.69, 9.17) is 0 Å². The van der Waals surface area contributed by atoms with Crippen molar-refractivity contribution in [2.24, 2.45) is 0 Å². The zero-order valence-corrected chi connectivity index (χ0v) is 12.1. The molecule has 0 amide bonds. The molecule has 0 bridgehead atoms. The Kier molecular flexibility index (Phi) is 3.64. The molecule has 0 fully saturated rings. The molecule has 0 unspecified atom stereocenters. The molecule has 0 N–H and O–H groups in total. The quantitative estimate of drug-likeness (QED) is 0.552. The number of rotatable bonds is 1. The topological polar surface area (TPSA) is 12.9 Å². The van der Waals surface area contributed by atoms with Crippen LogP contribution in [0.1, 0.15) is 5.56 Å². The summed E-state index contributed by atoms with van der Waals surface area (Å²) in [5.41, 5.74) is 6.48. The minimum absolute atomic E-state index is 0.995. The number of hydrogen-bond acceptors (Lipinski definition) is 1. The molecule has 0 spiro atoms. The van der Waals surface area contributed by atoms with Crippen LogP contribution in [0.3, 0.4) is 0 Å². The van der Waals surface area contributed by atoms with Gasteiger partial charge in [0, 0.05) is 17.3 Å². The third-order valence-corrected chi connectivity index (χ3v) is 3.29. The smallest absolute Gasteiger partial charge is 0.129 e. The minimum atomic E-state index is -1.31. The fraction of sp³-hybridized carbons (Fsp3) is 0.188. The predicted octanol–water partition coefficient (Wildman–Crippen LogP) is 3.98. The highest BCUT2D eigenvalue weighted by Gasteiger charge is 2.07. The van der Waals surface area contributed by atoms with Gasteiger partial charge in [0.25, 0.3) is 0 Å². The van der Waals surface area contributed by atoms with Crippen LogP contribution in [-0.4, -0.2) is 13.1 Å². The van der Waals surface area contributed by atoms with Gasteiger partial charge in [0.1, 0.15) is 8.07 Å². The number of benzene rings is 1. The van der Waals surface area contributed by atoms with Crippen LogP contribution in [0.4, 0.5) is 0 Å². The van der Waals surface area contributed by atoms with E-state index in [1.165, 1.54) is 0 Å². The lowest BCUT2D eigenvalue weighted by Gasteiger charge is -2.03.